The van der Waals surface area contributed by atoms with Crippen molar-refractivity contribution in [3.05, 3.63) is 25.0 Å². The molecule has 0 radical (unpaired) electrons. The zero-order chi connectivity index (χ0) is 10.6. The van der Waals surface area contributed by atoms with Crippen molar-refractivity contribution in [1.29, 1.82) is 0 Å². The number of anilines is 1. The molecular weight excluding hydrogens is 192 g/mol. The van der Waals surface area contributed by atoms with Crippen molar-refractivity contribution in [3.8, 4) is 0 Å². The van der Waals surface area contributed by atoms with Crippen LogP contribution in [0.3, 0.4) is 0 Å². The summed E-state index contributed by atoms with van der Waals surface area (Å²) in [6.45, 7) is 2.77. The van der Waals surface area contributed by atoms with Gasteiger partial charge in [-0.3, -0.25) is 9.48 Å². The normalized spacial score (nSPS) is 10.2. The SMILES string of the molecule is C=CC(=O)Nc1cnn(CC(F)F)c1. The van der Waals surface area contributed by atoms with Crippen LogP contribution in [-0.2, 0) is 11.3 Å². The number of alkyl halides is 2. The molecule has 14 heavy (non-hydrogen) atoms. The summed E-state index contributed by atoms with van der Waals surface area (Å²) in [5.41, 5.74) is 0.371. The van der Waals surface area contributed by atoms with Crippen molar-refractivity contribution in [2.45, 2.75) is 13.0 Å². The van der Waals surface area contributed by atoms with E-state index in [1.165, 1.54) is 12.4 Å². The summed E-state index contributed by atoms with van der Waals surface area (Å²) >= 11 is 0. The molecule has 1 N–H and O–H groups in total. The first-order valence-electron chi connectivity index (χ1n) is 3.86. The van der Waals surface area contributed by atoms with Crippen molar-refractivity contribution >= 4 is 11.6 Å². The van der Waals surface area contributed by atoms with Gasteiger partial charge in [-0.25, -0.2) is 8.78 Å². The molecule has 1 heterocycles. The Hall–Kier alpha value is -1.72. The van der Waals surface area contributed by atoms with Crippen molar-refractivity contribution in [3.63, 3.8) is 0 Å². The highest BCUT2D eigenvalue weighted by Gasteiger charge is 2.06. The second kappa shape index (κ2) is 4.50. The fraction of sp³-hybridized carbons (Fsp3) is 0.250. The molecule has 0 aliphatic carbocycles. The topological polar surface area (TPSA) is 46.9 Å². The fourth-order valence-electron chi connectivity index (χ4n) is 0.863. The van der Waals surface area contributed by atoms with E-state index < -0.39 is 18.9 Å². The number of rotatable bonds is 4. The molecule has 0 saturated carbocycles. The van der Waals surface area contributed by atoms with E-state index in [4.69, 9.17) is 0 Å². The third kappa shape index (κ3) is 2.96. The highest BCUT2D eigenvalue weighted by molar-refractivity contribution is 5.98. The van der Waals surface area contributed by atoms with Gasteiger partial charge >= 0.3 is 0 Å². The monoisotopic (exact) mass is 201 g/mol. The van der Waals surface area contributed by atoms with Crippen LogP contribution in [0.5, 0.6) is 0 Å². The summed E-state index contributed by atoms with van der Waals surface area (Å²) in [6.07, 6.45) is 1.25. The Labute approximate surface area is 79.2 Å². The van der Waals surface area contributed by atoms with Gasteiger partial charge in [-0.1, -0.05) is 6.58 Å². The lowest BCUT2D eigenvalue weighted by Crippen LogP contribution is -2.08. The summed E-state index contributed by atoms with van der Waals surface area (Å²) < 4.78 is 24.8. The zero-order valence-corrected chi connectivity index (χ0v) is 7.28. The molecule has 0 atom stereocenters. The Kier molecular flexibility index (Phi) is 3.33. The van der Waals surface area contributed by atoms with Crippen molar-refractivity contribution in [2.24, 2.45) is 0 Å². The predicted molar refractivity (Wildman–Crippen MR) is 47.1 cm³/mol. The van der Waals surface area contributed by atoms with Crippen molar-refractivity contribution in [2.75, 3.05) is 5.32 Å². The Morgan fingerprint density at radius 1 is 1.79 bits per heavy atom. The maximum absolute atomic E-state index is 11.9. The number of amides is 1. The van der Waals surface area contributed by atoms with Gasteiger partial charge in [-0.05, 0) is 6.08 Å². The van der Waals surface area contributed by atoms with Crippen LogP contribution < -0.4 is 5.32 Å². The maximum Gasteiger partial charge on any atom is 0.257 e. The lowest BCUT2D eigenvalue weighted by atomic mass is 10.5. The highest BCUT2D eigenvalue weighted by atomic mass is 19.3. The van der Waals surface area contributed by atoms with Crippen molar-refractivity contribution < 1.29 is 13.6 Å². The van der Waals surface area contributed by atoms with E-state index in [9.17, 15) is 13.6 Å². The Morgan fingerprint density at radius 3 is 3.07 bits per heavy atom. The minimum absolute atomic E-state index is 0.371. The largest absolute Gasteiger partial charge is 0.320 e. The average Bonchev–Trinajstić information content (AvgIpc) is 2.51. The molecule has 1 rings (SSSR count). The first-order valence-corrected chi connectivity index (χ1v) is 3.86. The molecule has 1 aromatic heterocycles. The van der Waals surface area contributed by atoms with E-state index in [-0.39, 0.29) is 0 Å². The average molecular weight is 201 g/mol. The van der Waals surface area contributed by atoms with Gasteiger partial charge in [0.2, 0.25) is 5.91 Å². The van der Waals surface area contributed by atoms with Gasteiger partial charge in [-0.15, -0.1) is 0 Å². The van der Waals surface area contributed by atoms with E-state index in [0.29, 0.717) is 5.69 Å². The number of halogens is 2. The zero-order valence-electron chi connectivity index (χ0n) is 7.28. The molecule has 0 unspecified atom stereocenters. The fourth-order valence-corrected chi connectivity index (χ4v) is 0.863. The van der Waals surface area contributed by atoms with Crippen LogP contribution >= 0.6 is 0 Å². The van der Waals surface area contributed by atoms with Crippen LogP contribution in [0.15, 0.2) is 25.0 Å². The first-order chi connectivity index (χ1) is 6.61. The van der Waals surface area contributed by atoms with Gasteiger partial charge in [0, 0.05) is 6.20 Å². The molecule has 4 nitrogen and oxygen atoms in total. The number of aromatic nitrogens is 2. The minimum Gasteiger partial charge on any atom is -0.320 e. The van der Waals surface area contributed by atoms with Gasteiger partial charge in [0.05, 0.1) is 11.9 Å². The Balaban J connectivity index is 2.59. The number of nitrogens with one attached hydrogen (secondary N) is 1. The number of carbonyl (C=O) groups is 1. The Morgan fingerprint density at radius 2 is 2.50 bits per heavy atom. The van der Waals surface area contributed by atoms with Crippen molar-refractivity contribution in [1.82, 2.24) is 9.78 Å². The summed E-state index contributed by atoms with van der Waals surface area (Å²) in [4.78, 5) is 10.8. The molecule has 1 amide bonds. The molecule has 0 aromatic carbocycles. The molecule has 1 aromatic rings. The molecule has 0 fully saturated rings. The van der Waals surface area contributed by atoms with Gasteiger partial charge in [-0.2, -0.15) is 5.10 Å². The third-order valence-electron chi connectivity index (χ3n) is 1.41. The van der Waals surface area contributed by atoms with Crippen LogP contribution in [-0.4, -0.2) is 22.1 Å². The van der Waals surface area contributed by atoms with Gasteiger partial charge in [0.1, 0.15) is 6.54 Å². The van der Waals surface area contributed by atoms with Gasteiger partial charge < -0.3 is 5.32 Å². The quantitative estimate of drug-likeness (QED) is 0.746. The van der Waals surface area contributed by atoms with Crippen LogP contribution in [0.4, 0.5) is 14.5 Å². The molecule has 6 heteroatoms. The number of carbonyl (C=O) groups excluding carboxylic acids is 1. The Bertz CT molecular complexity index is 335. The van der Waals surface area contributed by atoms with E-state index in [2.05, 4.69) is 17.0 Å². The number of nitrogens with zero attached hydrogens (tertiary/aromatic N) is 2. The van der Waals surface area contributed by atoms with E-state index in [1.54, 1.807) is 0 Å². The van der Waals surface area contributed by atoms with Crippen LogP contribution in [0.25, 0.3) is 0 Å². The summed E-state index contributed by atoms with van der Waals surface area (Å²) in [7, 11) is 0. The van der Waals surface area contributed by atoms with Crippen LogP contribution in [0.1, 0.15) is 0 Å². The summed E-state index contributed by atoms with van der Waals surface area (Å²) in [6, 6.07) is 0. The van der Waals surface area contributed by atoms with E-state index >= 15 is 0 Å². The maximum atomic E-state index is 11.9. The molecule has 0 bridgehead atoms. The minimum atomic E-state index is -2.46. The van der Waals surface area contributed by atoms with Crippen LogP contribution in [0, 0.1) is 0 Å². The second-order valence-corrected chi connectivity index (χ2v) is 2.54. The smallest absolute Gasteiger partial charge is 0.257 e. The third-order valence-corrected chi connectivity index (χ3v) is 1.41. The van der Waals surface area contributed by atoms with E-state index in [0.717, 1.165) is 10.8 Å². The predicted octanol–water partition coefficient (Wildman–Crippen LogP) is 1.27. The number of hydrogen-bond donors (Lipinski definition) is 1. The van der Waals surface area contributed by atoms with Gasteiger partial charge in [0.15, 0.2) is 0 Å². The second-order valence-electron chi connectivity index (χ2n) is 2.54. The molecule has 0 aliphatic heterocycles. The lowest BCUT2D eigenvalue weighted by molar-refractivity contribution is -0.111. The standard InChI is InChI=1S/C8H9F2N3O/c1-2-8(14)12-6-3-11-13(4-6)5-7(9)10/h2-4,7H,1,5H2,(H,12,14). The van der Waals surface area contributed by atoms with Crippen LogP contribution in [0.2, 0.25) is 0 Å². The molecule has 0 aliphatic rings. The molecule has 76 valence electrons. The number of hydrogen-bond acceptors (Lipinski definition) is 2. The summed E-state index contributed by atoms with van der Waals surface area (Å²) in [5, 5.41) is 6.03. The molecule has 0 spiro atoms. The lowest BCUT2D eigenvalue weighted by Gasteiger charge is -1.98. The highest BCUT2D eigenvalue weighted by Crippen LogP contribution is 2.06. The molecule has 0 saturated heterocycles. The first kappa shape index (κ1) is 10.4. The van der Waals surface area contributed by atoms with E-state index in [1.807, 2.05) is 0 Å². The van der Waals surface area contributed by atoms with Gasteiger partial charge in [0.25, 0.3) is 6.43 Å². The molecular formula is C8H9F2N3O. The summed E-state index contributed by atoms with van der Waals surface area (Å²) in [5.74, 6) is -0.401.